The molecule has 17 heavy (non-hydrogen) atoms. The van der Waals surface area contributed by atoms with Crippen molar-refractivity contribution in [3.05, 3.63) is 48.3 Å². The fourth-order valence-corrected chi connectivity index (χ4v) is 5.75. The summed E-state index contributed by atoms with van der Waals surface area (Å²) < 4.78 is 8.52. The molecule has 4 nitrogen and oxygen atoms in total. The molecular formula is C10H6Cl2O4Te. The summed E-state index contributed by atoms with van der Waals surface area (Å²) in [4.78, 5) is 23.9. The number of carbonyl (C=O) groups is 2. The quantitative estimate of drug-likeness (QED) is 0.756. The van der Waals surface area contributed by atoms with Crippen LogP contribution < -0.4 is 0 Å². The fraction of sp³-hybridized carbons (Fsp3) is 0. The minimum absolute atomic E-state index is 0.00361. The molecule has 2 rings (SSSR count). The Morgan fingerprint density at radius 1 is 0.941 bits per heavy atom. The van der Waals surface area contributed by atoms with Gasteiger partial charge < -0.3 is 0 Å². The van der Waals surface area contributed by atoms with E-state index in [0.29, 0.717) is 0 Å². The summed E-state index contributed by atoms with van der Waals surface area (Å²) in [6, 6.07) is 5.89. The van der Waals surface area contributed by atoms with E-state index in [1.807, 2.05) is 0 Å². The maximum absolute atomic E-state index is 11.9. The van der Waals surface area contributed by atoms with Gasteiger partial charge in [-0.05, 0) is 0 Å². The van der Waals surface area contributed by atoms with Gasteiger partial charge in [0, 0.05) is 0 Å². The molecule has 0 bridgehead atoms. The zero-order chi connectivity index (χ0) is 12.5. The zero-order valence-corrected chi connectivity index (χ0v) is 12.1. The van der Waals surface area contributed by atoms with Crippen LogP contribution in [0, 0.1) is 0 Å². The van der Waals surface area contributed by atoms with Crippen LogP contribution in [0.1, 0.15) is 21.1 Å². The Bertz CT molecular complexity index is 482. The average Bonchev–Trinajstić information content (AvgIpc) is 2.99. The Morgan fingerprint density at radius 3 is 1.65 bits per heavy atom. The molecule has 0 saturated carbocycles. The van der Waals surface area contributed by atoms with Crippen molar-refractivity contribution >= 4 is 41.5 Å². The molecule has 0 aromatic carbocycles. The molecule has 0 atom stereocenters. The summed E-state index contributed by atoms with van der Waals surface area (Å²) in [6.45, 7) is 0. The second-order valence-corrected chi connectivity index (χ2v) is 15.1. The van der Waals surface area contributed by atoms with E-state index in [1.54, 1.807) is 0 Å². The van der Waals surface area contributed by atoms with Crippen molar-refractivity contribution in [3.63, 3.8) is 0 Å². The van der Waals surface area contributed by atoms with Crippen LogP contribution >= 0.6 is 17.9 Å². The second kappa shape index (κ2) is 4.87. The van der Waals surface area contributed by atoms with E-state index in [0.717, 1.165) is 0 Å². The van der Waals surface area contributed by atoms with Gasteiger partial charge >= 0.3 is 108 Å². The Hall–Kier alpha value is -0.730. The topological polar surface area (TPSA) is 60.4 Å². The predicted molar refractivity (Wildman–Crippen MR) is 63.5 cm³/mol. The van der Waals surface area contributed by atoms with Gasteiger partial charge in [0.1, 0.15) is 0 Å². The van der Waals surface area contributed by atoms with Gasteiger partial charge in [0.15, 0.2) is 0 Å². The molecule has 2 heterocycles. The molecule has 0 fully saturated rings. The van der Waals surface area contributed by atoms with Gasteiger partial charge in [-0.1, -0.05) is 0 Å². The van der Waals surface area contributed by atoms with Crippen LogP contribution in [0.2, 0.25) is 0 Å². The SMILES string of the molecule is O=C(c1ccco1)[Te](Cl)(Cl)C(=O)c1ccco1. The molecule has 0 amide bonds. The Balaban J connectivity index is 2.30. The average molecular weight is 389 g/mol. The molecule has 0 unspecified atom stereocenters. The van der Waals surface area contributed by atoms with E-state index >= 15 is 0 Å². The van der Waals surface area contributed by atoms with E-state index in [2.05, 4.69) is 0 Å². The summed E-state index contributed by atoms with van der Waals surface area (Å²) in [6.07, 6.45) is 2.63. The van der Waals surface area contributed by atoms with E-state index in [9.17, 15) is 9.59 Å². The molecule has 0 aliphatic rings. The summed E-state index contributed by atoms with van der Waals surface area (Å²) in [5, 5.41) is 0. The molecule has 2 aromatic heterocycles. The normalized spacial score (nSPS) is 12.4. The molecule has 0 radical (unpaired) electrons. The van der Waals surface area contributed by atoms with Crippen LogP contribution in [0.25, 0.3) is 0 Å². The number of rotatable bonds is 4. The Labute approximate surface area is 108 Å². The molecular weight excluding hydrogens is 383 g/mol. The first-order valence-corrected chi connectivity index (χ1v) is 12.6. The van der Waals surface area contributed by atoms with Gasteiger partial charge in [-0.3, -0.25) is 0 Å². The fourth-order valence-electron chi connectivity index (χ4n) is 1.13. The number of hydrogen-bond donors (Lipinski definition) is 0. The predicted octanol–water partition coefficient (Wildman–Crippen LogP) is 2.94. The number of halogens is 2. The third-order valence-electron chi connectivity index (χ3n) is 1.91. The molecule has 0 aliphatic heterocycles. The van der Waals surface area contributed by atoms with Crippen molar-refractivity contribution in [2.24, 2.45) is 0 Å². The van der Waals surface area contributed by atoms with Crippen molar-refractivity contribution in [2.45, 2.75) is 0 Å². The molecule has 2 aromatic rings. The number of carbonyl (C=O) groups excluding carboxylic acids is 2. The van der Waals surface area contributed by atoms with E-state index < -0.39 is 23.6 Å². The van der Waals surface area contributed by atoms with Crippen LogP contribution in [-0.2, 0) is 0 Å². The van der Waals surface area contributed by atoms with E-state index in [1.165, 1.54) is 36.8 Å². The van der Waals surface area contributed by atoms with Crippen molar-refractivity contribution < 1.29 is 18.4 Å². The first-order valence-electron chi connectivity index (χ1n) is 4.42. The van der Waals surface area contributed by atoms with Gasteiger partial charge in [-0.25, -0.2) is 0 Å². The first-order chi connectivity index (χ1) is 8.03. The van der Waals surface area contributed by atoms with Gasteiger partial charge in [-0.2, -0.15) is 0 Å². The zero-order valence-electron chi connectivity index (χ0n) is 8.26. The number of hydrogen-bond acceptors (Lipinski definition) is 4. The van der Waals surface area contributed by atoms with Crippen LogP contribution in [0.4, 0.5) is 0 Å². The summed E-state index contributed by atoms with van der Waals surface area (Å²) in [5.74, 6) is -0.00721. The first kappa shape index (κ1) is 12.7. The third kappa shape index (κ3) is 2.43. The molecule has 90 valence electrons. The Morgan fingerprint density at radius 2 is 1.35 bits per heavy atom. The summed E-state index contributed by atoms with van der Waals surface area (Å²) in [7, 11) is 11.9. The van der Waals surface area contributed by atoms with Crippen molar-refractivity contribution in [2.75, 3.05) is 0 Å². The maximum atomic E-state index is 11.9. The minimum atomic E-state index is -4.42. The van der Waals surface area contributed by atoms with Crippen molar-refractivity contribution in [3.8, 4) is 0 Å². The van der Waals surface area contributed by atoms with Gasteiger partial charge in [0.05, 0.1) is 0 Å². The molecule has 0 saturated heterocycles. The Kier molecular flexibility index (Phi) is 3.64. The van der Waals surface area contributed by atoms with Crippen molar-refractivity contribution in [1.29, 1.82) is 0 Å². The van der Waals surface area contributed by atoms with Gasteiger partial charge in [0.2, 0.25) is 0 Å². The van der Waals surface area contributed by atoms with Gasteiger partial charge in [0.25, 0.3) is 0 Å². The number of furan rings is 2. The monoisotopic (exact) mass is 390 g/mol. The summed E-state index contributed by atoms with van der Waals surface area (Å²) in [5.41, 5.74) is 0. The molecule has 0 aliphatic carbocycles. The molecule has 7 heteroatoms. The van der Waals surface area contributed by atoms with E-state index in [-0.39, 0.29) is 11.5 Å². The van der Waals surface area contributed by atoms with Crippen molar-refractivity contribution in [1.82, 2.24) is 0 Å². The molecule has 0 spiro atoms. The third-order valence-corrected chi connectivity index (χ3v) is 9.48. The van der Waals surface area contributed by atoms with E-state index in [4.69, 9.17) is 26.8 Å². The van der Waals surface area contributed by atoms with Crippen LogP contribution in [0.5, 0.6) is 0 Å². The second-order valence-electron chi connectivity index (χ2n) is 3.00. The molecule has 0 N–H and O–H groups in total. The standard InChI is InChI=1S/C10H6Cl2O4Te/c11-17(12,9(13)7-3-1-5-15-7)10(14)8-4-2-6-16-8/h1-6H. The van der Waals surface area contributed by atoms with Crippen LogP contribution in [0.15, 0.2) is 45.6 Å². The van der Waals surface area contributed by atoms with Crippen LogP contribution in [-0.4, -0.2) is 23.6 Å². The van der Waals surface area contributed by atoms with Crippen LogP contribution in [0.3, 0.4) is 0 Å². The van der Waals surface area contributed by atoms with Gasteiger partial charge in [-0.15, -0.1) is 0 Å². The summed E-state index contributed by atoms with van der Waals surface area (Å²) >= 11 is -4.42.